The lowest BCUT2D eigenvalue weighted by molar-refractivity contribution is 0.0572. The fourth-order valence-corrected chi connectivity index (χ4v) is 1.76. The molecule has 0 aromatic heterocycles. The topological polar surface area (TPSA) is 81.0 Å². The van der Waals surface area contributed by atoms with Gasteiger partial charge in [0, 0.05) is 18.7 Å². The summed E-state index contributed by atoms with van der Waals surface area (Å²) in [6.07, 6.45) is -1.78. The van der Waals surface area contributed by atoms with Crippen molar-refractivity contribution < 1.29 is 20.1 Å². The number of rotatable bonds is 1. The van der Waals surface area contributed by atoms with Gasteiger partial charge in [0.25, 0.3) is 5.91 Å². The molecule has 0 radical (unpaired) electrons. The Kier molecular flexibility index (Phi) is 2.80. The molecule has 86 valence electrons. The molecule has 3 N–H and O–H groups in total. The maximum Gasteiger partial charge on any atom is 0.254 e. The van der Waals surface area contributed by atoms with Crippen molar-refractivity contribution in [3.05, 3.63) is 29.8 Å². The number of nitrogens with zero attached hydrogens (tertiary/aromatic N) is 1. The van der Waals surface area contributed by atoms with Gasteiger partial charge in [-0.1, -0.05) is 6.07 Å². The molecule has 1 heterocycles. The maximum atomic E-state index is 11.9. The minimum absolute atomic E-state index is 0.0196. The molecule has 2 rings (SSSR count). The lowest BCUT2D eigenvalue weighted by Crippen LogP contribution is -2.29. The summed E-state index contributed by atoms with van der Waals surface area (Å²) in [6.45, 7) is 0.241. The number of amides is 1. The van der Waals surface area contributed by atoms with E-state index in [1.807, 2.05) is 0 Å². The first-order valence-corrected chi connectivity index (χ1v) is 5.02. The molecule has 1 saturated heterocycles. The van der Waals surface area contributed by atoms with Crippen LogP contribution in [0.3, 0.4) is 0 Å². The number of carbonyl (C=O) groups is 1. The summed E-state index contributed by atoms with van der Waals surface area (Å²) in [7, 11) is 0. The number of phenols is 1. The van der Waals surface area contributed by atoms with E-state index in [9.17, 15) is 20.1 Å². The van der Waals surface area contributed by atoms with Crippen LogP contribution >= 0.6 is 0 Å². The number of benzene rings is 1. The monoisotopic (exact) mass is 223 g/mol. The summed E-state index contributed by atoms with van der Waals surface area (Å²) in [5.41, 5.74) is 0.348. The first-order valence-electron chi connectivity index (χ1n) is 5.02. The number of aliphatic hydroxyl groups excluding tert-OH is 2. The summed E-state index contributed by atoms with van der Waals surface area (Å²) in [5.74, 6) is -0.280. The average Bonchev–Trinajstić information content (AvgIpc) is 2.58. The van der Waals surface area contributed by atoms with Crippen molar-refractivity contribution in [2.45, 2.75) is 12.2 Å². The van der Waals surface area contributed by atoms with Crippen LogP contribution in [-0.4, -0.2) is 51.4 Å². The van der Waals surface area contributed by atoms with Crippen LogP contribution in [0, 0.1) is 0 Å². The molecule has 1 aliphatic rings. The number of carbonyl (C=O) groups excluding carboxylic acids is 1. The van der Waals surface area contributed by atoms with Crippen LogP contribution in [0.4, 0.5) is 0 Å². The first kappa shape index (κ1) is 10.9. The number of likely N-dealkylation sites (tertiary alicyclic amines) is 1. The van der Waals surface area contributed by atoms with Gasteiger partial charge in [-0.15, -0.1) is 0 Å². The van der Waals surface area contributed by atoms with E-state index in [4.69, 9.17) is 0 Å². The fourth-order valence-electron chi connectivity index (χ4n) is 1.76. The van der Waals surface area contributed by atoms with Gasteiger partial charge in [0.15, 0.2) is 0 Å². The molecular formula is C11H13NO4. The highest BCUT2D eigenvalue weighted by Crippen LogP contribution is 2.17. The SMILES string of the molecule is O=C(c1cccc(O)c1)N1C[C@@H](O)[C@@H](O)C1. The number of hydrogen-bond donors (Lipinski definition) is 3. The zero-order valence-electron chi connectivity index (χ0n) is 8.58. The normalized spacial score (nSPS) is 24.8. The zero-order chi connectivity index (χ0) is 11.7. The lowest BCUT2D eigenvalue weighted by Gasteiger charge is -2.15. The van der Waals surface area contributed by atoms with Gasteiger partial charge in [0.05, 0.1) is 12.2 Å². The Hall–Kier alpha value is -1.59. The predicted octanol–water partition coefficient (Wildman–Crippen LogP) is -0.430. The first-order chi connectivity index (χ1) is 7.58. The van der Waals surface area contributed by atoms with Crippen LogP contribution in [0.2, 0.25) is 0 Å². The van der Waals surface area contributed by atoms with Crippen molar-refractivity contribution in [2.75, 3.05) is 13.1 Å². The minimum Gasteiger partial charge on any atom is -0.508 e. The molecular weight excluding hydrogens is 210 g/mol. The Morgan fingerprint density at radius 1 is 1.25 bits per heavy atom. The second-order valence-corrected chi connectivity index (χ2v) is 3.90. The van der Waals surface area contributed by atoms with Crippen LogP contribution in [0.25, 0.3) is 0 Å². The van der Waals surface area contributed by atoms with E-state index >= 15 is 0 Å². The number of phenolic OH excluding ortho intramolecular Hbond substituents is 1. The van der Waals surface area contributed by atoms with Gasteiger partial charge in [0.2, 0.25) is 0 Å². The predicted molar refractivity (Wildman–Crippen MR) is 56.0 cm³/mol. The van der Waals surface area contributed by atoms with E-state index in [1.54, 1.807) is 12.1 Å². The highest BCUT2D eigenvalue weighted by Gasteiger charge is 2.32. The standard InChI is InChI=1S/C11H13NO4/c13-8-3-1-2-7(4-8)11(16)12-5-9(14)10(15)6-12/h1-4,9-10,13-15H,5-6H2/t9-,10+. The molecule has 0 saturated carbocycles. The van der Waals surface area contributed by atoms with Gasteiger partial charge in [-0.3, -0.25) is 4.79 Å². The smallest absolute Gasteiger partial charge is 0.254 e. The molecule has 16 heavy (non-hydrogen) atoms. The molecule has 1 aromatic carbocycles. The van der Waals surface area contributed by atoms with E-state index in [2.05, 4.69) is 0 Å². The molecule has 0 bridgehead atoms. The Morgan fingerprint density at radius 2 is 1.88 bits per heavy atom. The van der Waals surface area contributed by atoms with Crippen molar-refractivity contribution >= 4 is 5.91 Å². The Morgan fingerprint density at radius 3 is 2.44 bits per heavy atom. The maximum absolute atomic E-state index is 11.9. The van der Waals surface area contributed by atoms with E-state index in [0.29, 0.717) is 5.56 Å². The molecule has 1 aromatic rings. The summed E-state index contributed by atoms with van der Waals surface area (Å²) in [4.78, 5) is 13.2. The Bertz CT molecular complexity index is 397. The quantitative estimate of drug-likeness (QED) is 0.603. The van der Waals surface area contributed by atoms with Crippen molar-refractivity contribution in [1.82, 2.24) is 4.90 Å². The summed E-state index contributed by atoms with van der Waals surface area (Å²) in [5, 5.41) is 27.9. The molecule has 1 amide bonds. The second kappa shape index (κ2) is 4.11. The van der Waals surface area contributed by atoms with Crippen LogP contribution in [-0.2, 0) is 0 Å². The molecule has 0 spiro atoms. The van der Waals surface area contributed by atoms with Gasteiger partial charge in [-0.05, 0) is 18.2 Å². The molecule has 0 unspecified atom stereocenters. The average molecular weight is 223 g/mol. The van der Waals surface area contributed by atoms with Gasteiger partial charge in [0.1, 0.15) is 5.75 Å². The zero-order valence-corrected chi connectivity index (χ0v) is 8.58. The Labute approximate surface area is 92.6 Å². The molecule has 1 aliphatic heterocycles. The summed E-state index contributed by atoms with van der Waals surface area (Å²) >= 11 is 0. The van der Waals surface area contributed by atoms with Crippen LogP contribution in [0.5, 0.6) is 5.75 Å². The minimum atomic E-state index is -0.888. The lowest BCUT2D eigenvalue weighted by atomic mass is 10.2. The van der Waals surface area contributed by atoms with Crippen molar-refractivity contribution in [1.29, 1.82) is 0 Å². The molecule has 2 atom stereocenters. The third-order valence-electron chi connectivity index (χ3n) is 2.64. The van der Waals surface area contributed by atoms with E-state index < -0.39 is 12.2 Å². The highest BCUT2D eigenvalue weighted by atomic mass is 16.3. The number of hydrogen-bond acceptors (Lipinski definition) is 4. The molecule has 5 nitrogen and oxygen atoms in total. The summed E-state index contributed by atoms with van der Waals surface area (Å²) < 4.78 is 0. The van der Waals surface area contributed by atoms with Gasteiger partial charge in [-0.2, -0.15) is 0 Å². The number of β-amino-alcohol motifs (C(OH)–C–C–N with tert-alkyl or cyclic N) is 2. The third kappa shape index (κ3) is 2.00. The molecule has 0 aliphatic carbocycles. The second-order valence-electron chi connectivity index (χ2n) is 3.90. The van der Waals surface area contributed by atoms with Crippen LogP contribution < -0.4 is 0 Å². The number of aliphatic hydroxyl groups is 2. The fraction of sp³-hybridized carbons (Fsp3) is 0.364. The van der Waals surface area contributed by atoms with Crippen molar-refractivity contribution in [3.8, 4) is 5.75 Å². The van der Waals surface area contributed by atoms with Gasteiger partial charge < -0.3 is 20.2 Å². The van der Waals surface area contributed by atoms with Gasteiger partial charge >= 0.3 is 0 Å². The molecule has 1 fully saturated rings. The third-order valence-corrected chi connectivity index (χ3v) is 2.64. The van der Waals surface area contributed by atoms with Crippen molar-refractivity contribution in [3.63, 3.8) is 0 Å². The van der Waals surface area contributed by atoms with E-state index in [-0.39, 0.29) is 24.7 Å². The van der Waals surface area contributed by atoms with Gasteiger partial charge in [-0.25, -0.2) is 0 Å². The summed E-state index contributed by atoms with van der Waals surface area (Å²) in [6, 6.07) is 5.99. The van der Waals surface area contributed by atoms with Crippen LogP contribution in [0.15, 0.2) is 24.3 Å². The largest absolute Gasteiger partial charge is 0.508 e. The van der Waals surface area contributed by atoms with Crippen LogP contribution in [0.1, 0.15) is 10.4 Å². The van der Waals surface area contributed by atoms with E-state index in [1.165, 1.54) is 17.0 Å². The van der Waals surface area contributed by atoms with Crippen molar-refractivity contribution in [2.24, 2.45) is 0 Å². The molecule has 5 heteroatoms. The Balaban J connectivity index is 2.14. The van der Waals surface area contributed by atoms with E-state index in [0.717, 1.165) is 0 Å². The number of aromatic hydroxyl groups is 1. The highest BCUT2D eigenvalue weighted by molar-refractivity contribution is 5.94.